The number of ether oxygens (including phenoxy) is 1. The van der Waals surface area contributed by atoms with Gasteiger partial charge >= 0.3 is 12.5 Å². The molecule has 5 heteroatoms. The summed E-state index contributed by atoms with van der Waals surface area (Å²) in [5.41, 5.74) is 5.59. The van der Waals surface area contributed by atoms with Gasteiger partial charge < -0.3 is 4.74 Å². The van der Waals surface area contributed by atoms with Gasteiger partial charge in [0.1, 0.15) is 5.75 Å². The molecular formula is C32H30F4O. The maximum absolute atomic E-state index is 13.0. The highest BCUT2D eigenvalue weighted by Crippen LogP contribution is 2.40. The first-order valence-electron chi connectivity index (χ1n) is 12.6. The SMILES string of the molecule is C=CCCc1ccc([C@H]2CC[C@H](c3ccc(C#Cc4ccc(OC(F)C(F)(F)F)cc4)cc3)CC2)cc1. The topological polar surface area (TPSA) is 9.23 Å². The van der Waals surface area contributed by atoms with Crippen LogP contribution in [0.5, 0.6) is 5.75 Å². The van der Waals surface area contributed by atoms with Crippen LogP contribution in [-0.2, 0) is 6.42 Å². The standard InChI is InChI=1S/C32H30F4O/c1-2-3-4-23-7-13-26(14-8-23)28-17-19-29(20-18-28)27-15-9-24(10-16-27)5-6-25-11-21-30(22-12-25)37-31(33)32(34,35)36/h2,7-16,21-22,28-29,31H,1,3-4,17-20H2/t28-,29-,31?. The van der Waals surface area contributed by atoms with Crippen molar-refractivity contribution in [3.8, 4) is 17.6 Å². The highest BCUT2D eigenvalue weighted by atomic mass is 19.4. The van der Waals surface area contributed by atoms with Crippen molar-refractivity contribution in [1.82, 2.24) is 0 Å². The summed E-state index contributed by atoms with van der Waals surface area (Å²) in [6, 6.07) is 22.9. The molecule has 1 aliphatic rings. The van der Waals surface area contributed by atoms with Gasteiger partial charge in [-0.1, -0.05) is 54.3 Å². The van der Waals surface area contributed by atoms with Crippen molar-refractivity contribution in [3.05, 3.63) is 113 Å². The summed E-state index contributed by atoms with van der Waals surface area (Å²) >= 11 is 0. The first-order valence-corrected chi connectivity index (χ1v) is 12.6. The van der Waals surface area contributed by atoms with Crippen molar-refractivity contribution in [2.75, 3.05) is 0 Å². The molecular weight excluding hydrogens is 476 g/mol. The lowest BCUT2D eigenvalue weighted by Gasteiger charge is -2.29. The molecule has 1 nitrogen and oxygen atoms in total. The molecule has 0 amide bonds. The molecule has 1 unspecified atom stereocenters. The molecule has 0 spiro atoms. The minimum absolute atomic E-state index is 0.199. The third kappa shape index (κ3) is 7.49. The molecule has 0 radical (unpaired) electrons. The highest BCUT2D eigenvalue weighted by Gasteiger charge is 2.42. The molecule has 1 atom stereocenters. The Morgan fingerprint density at radius 1 is 0.784 bits per heavy atom. The molecule has 4 rings (SSSR count). The number of hydrogen-bond donors (Lipinski definition) is 0. The highest BCUT2D eigenvalue weighted by molar-refractivity contribution is 5.45. The van der Waals surface area contributed by atoms with Crippen LogP contribution in [-0.4, -0.2) is 12.5 Å². The molecule has 192 valence electrons. The number of benzene rings is 3. The molecule has 1 aliphatic carbocycles. The Kier molecular flexibility index (Phi) is 8.71. The van der Waals surface area contributed by atoms with Crippen LogP contribution in [0.2, 0.25) is 0 Å². The third-order valence-electron chi connectivity index (χ3n) is 6.90. The molecule has 0 saturated heterocycles. The van der Waals surface area contributed by atoms with Crippen LogP contribution in [0.4, 0.5) is 17.6 Å². The Morgan fingerprint density at radius 2 is 1.24 bits per heavy atom. The maximum Gasteiger partial charge on any atom is 0.457 e. The van der Waals surface area contributed by atoms with Crippen LogP contribution < -0.4 is 4.74 Å². The number of allylic oxidation sites excluding steroid dienone is 1. The average Bonchev–Trinajstić information content (AvgIpc) is 2.92. The van der Waals surface area contributed by atoms with Gasteiger partial charge in [0, 0.05) is 11.1 Å². The van der Waals surface area contributed by atoms with E-state index in [0.29, 0.717) is 17.4 Å². The molecule has 0 N–H and O–H groups in total. The largest absolute Gasteiger partial charge is 0.457 e. The normalized spacial score (nSPS) is 18.4. The fourth-order valence-corrected chi connectivity index (χ4v) is 4.77. The van der Waals surface area contributed by atoms with E-state index >= 15 is 0 Å². The van der Waals surface area contributed by atoms with Gasteiger partial charge in [-0.15, -0.1) is 6.58 Å². The van der Waals surface area contributed by atoms with Crippen molar-refractivity contribution < 1.29 is 22.3 Å². The summed E-state index contributed by atoms with van der Waals surface area (Å²) in [6.07, 6.45) is 0.303. The van der Waals surface area contributed by atoms with Gasteiger partial charge in [-0.05, 0) is 103 Å². The van der Waals surface area contributed by atoms with Gasteiger partial charge in [-0.3, -0.25) is 0 Å². The molecule has 0 bridgehead atoms. The third-order valence-corrected chi connectivity index (χ3v) is 6.90. The Bertz CT molecular complexity index is 1210. The van der Waals surface area contributed by atoms with Crippen molar-refractivity contribution in [2.24, 2.45) is 0 Å². The number of alkyl halides is 4. The van der Waals surface area contributed by atoms with Crippen LogP contribution in [0.25, 0.3) is 0 Å². The molecule has 3 aromatic carbocycles. The van der Waals surface area contributed by atoms with E-state index in [1.54, 1.807) is 0 Å². The van der Waals surface area contributed by atoms with Gasteiger partial charge in [-0.2, -0.15) is 17.6 Å². The zero-order chi connectivity index (χ0) is 26.3. The fourth-order valence-electron chi connectivity index (χ4n) is 4.77. The smallest absolute Gasteiger partial charge is 0.452 e. The number of halogens is 4. The lowest BCUT2D eigenvalue weighted by Crippen LogP contribution is -2.29. The molecule has 37 heavy (non-hydrogen) atoms. The lowest BCUT2D eigenvalue weighted by atomic mass is 9.76. The lowest BCUT2D eigenvalue weighted by molar-refractivity contribution is -0.236. The summed E-state index contributed by atoms with van der Waals surface area (Å²) in [7, 11) is 0. The van der Waals surface area contributed by atoms with Crippen LogP contribution in [0.1, 0.15) is 71.8 Å². The number of aryl methyl sites for hydroxylation is 1. The average molecular weight is 507 g/mol. The van der Waals surface area contributed by atoms with Crippen LogP contribution in [0.3, 0.4) is 0 Å². The summed E-state index contributed by atoms with van der Waals surface area (Å²) in [5, 5.41) is 0. The summed E-state index contributed by atoms with van der Waals surface area (Å²) in [6.45, 7) is 3.79. The predicted octanol–water partition coefficient (Wildman–Crippen LogP) is 8.88. The second-order valence-electron chi connectivity index (χ2n) is 9.49. The van der Waals surface area contributed by atoms with Crippen molar-refractivity contribution in [3.63, 3.8) is 0 Å². The Hall–Kier alpha value is -3.52. The van der Waals surface area contributed by atoms with E-state index in [1.807, 2.05) is 18.2 Å². The van der Waals surface area contributed by atoms with E-state index < -0.39 is 12.5 Å². The van der Waals surface area contributed by atoms with E-state index in [1.165, 1.54) is 53.8 Å². The molecule has 1 saturated carbocycles. The monoisotopic (exact) mass is 506 g/mol. The quantitative estimate of drug-likeness (QED) is 0.177. The van der Waals surface area contributed by atoms with E-state index in [4.69, 9.17) is 0 Å². The Balaban J connectivity index is 1.29. The minimum atomic E-state index is -5.05. The molecule has 0 aromatic heterocycles. The number of hydrogen-bond acceptors (Lipinski definition) is 1. The molecule has 1 fully saturated rings. The van der Waals surface area contributed by atoms with Crippen molar-refractivity contribution in [2.45, 2.75) is 62.9 Å². The van der Waals surface area contributed by atoms with E-state index in [9.17, 15) is 17.6 Å². The summed E-state index contributed by atoms with van der Waals surface area (Å²) in [5.74, 6) is 7.03. The first kappa shape index (κ1) is 26.5. The molecule has 0 heterocycles. The van der Waals surface area contributed by atoms with Crippen LogP contribution >= 0.6 is 0 Å². The Morgan fingerprint density at radius 3 is 1.70 bits per heavy atom. The minimum Gasteiger partial charge on any atom is -0.452 e. The maximum atomic E-state index is 13.0. The number of rotatable bonds is 7. The van der Waals surface area contributed by atoms with Crippen LogP contribution in [0, 0.1) is 11.8 Å². The van der Waals surface area contributed by atoms with E-state index in [0.717, 1.165) is 31.2 Å². The van der Waals surface area contributed by atoms with Gasteiger partial charge in [-0.25, -0.2) is 0 Å². The summed E-state index contributed by atoms with van der Waals surface area (Å²) in [4.78, 5) is 0. The van der Waals surface area contributed by atoms with Gasteiger partial charge in [0.15, 0.2) is 0 Å². The fraction of sp³-hybridized carbons (Fsp3) is 0.312. The zero-order valence-electron chi connectivity index (χ0n) is 20.6. The van der Waals surface area contributed by atoms with Crippen molar-refractivity contribution >= 4 is 0 Å². The van der Waals surface area contributed by atoms with Gasteiger partial charge in [0.25, 0.3) is 0 Å². The van der Waals surface area contributed by atoms with E-state index in [-0.39, 0.29) is 5.75 Å². The summed E-state index contributed by atoms with van der Waals surface area (Å²) < 4.78 is 54.1. The van der Waals surface area contributed by atoms with E-state index in [2.05, 4.69) is 59.6 Å². The first-order chi connectivity index (χ1) is 17.8. The predicted molar refractivity (Wildman–Crippen MR) is 139 cm³/mol. The second kappa shape index (κ2) is 12.1. The molecule has 3 aromatic rings. The van der Waals surface area contributed by atoms with Gasteiger partial charge in [0.2, 0.25) is 0 Å². The Labute approximate surface area is 216 Å². The molecule has 0 aliphatic heterocycles. The second-order valence-corrected chi connectivity index (χ2v) is 9.49. The van der Waals surface area contributed by atoms with Crippen LogP contribution in [0.15, 0.2) is 85.5 Å². The zero-order valence-corrected chi connectivity index (χ0v) is 20.6. The van der Waals surface area contributed by atoms with Crippen molar-refractivity contribution in [1.29, 1.82) is 0 Å². The van der Waals surface area contributed by atoms with Gasteiger partial charge in [0.05, 0.1) is 0 Å².